The Kier molecular flexibility index (Phi) is 5.10. The SMILES string of the molecule is CC(C#N)(NCCN=[N+]=[N-])c1cc(Br)ccc1F. The third-order valence-corrected chi connectivity index (χ3v) is 2.94. The van der Waals surface area contributed by atoms with E-state index in [9.17, 15) is 9.65 Å². The molecule has 94 valence electrons. The summed E-state index contributed by atoms with van der Waals surface area (Å²) in [7, 11) is 0. The van der Waals surface area contributed by atoms with Crippen LogP contribution in [0.15, 0.2) is 27.8 Å². The van der Waals surface area contributed by atoms with Gasteiger partial charge < -0.3 is 0 Å². The van der Waals surface area contributed by atoms with Crippen molar-refractivity contribution in [1.82, 2.24) is 5.32 Å². The van der Waals surface area contributed by atoms with Gasteiger partial charge in [-0.05, 0) is 30.7 Å². The number of hydrogen-bond donors (Lipinski definition) is 1. The summed E-state index contributed by atoms with van der Waals surface area (Å²) in [6.07, 6.45) is 0. The van der Waals surface area contributed by atoms with Gasteiger partial charge in [-0.25, -0.2) is 4.39 Å². The molecule has 0 amide bonds. The van der Waals surface area contributed by atoms with E-state index in [0.717, 1.165) is 0 Å². The zero-order valence-electron chi connectivity index (χ0n) is 9.69. The Labute approximate surface area is 112 Å². The summed E-state index contributed by atoms with van der Waals surface area (Å²) in [5.74, 6) is -0.460. The first-order valence-corrected chi connectivity index (χ1v) is 5.95. The smallest absolute Gasteiger partial charge is 0.132 e. The maximum Gasteiger partial charge on any atom is 0.132 e. The van der Waals surface area contributed by atoms with E-state index in [1.165, 1.54) is 6.07 Å². The van der Waals surface area contributed by atoms with Gasteiger partial charge in [0, 0.05) is 28.0 Å². The van der Waals surface area contributed by atoms with E-state index >= 15 is 0 Å². The van der Waals surface area contributed by atoms with Gasteiger partial charge in [0.1, 0.15) is 11.4 Å². The summed E-state index contributed by atoms with van der Waals surface area (Å²) in [5, 5.41) is 15.4. The van der Waals surface area contributed by atoms with Crippen molar-refractivity contribution in [2.24, 2.45) is 5.11 Å². The highest BCUT2D eigenvalue weighted by molar-refractivity contribution is 9.10. The minimum Gasteiger partial charge on any atom is -0.296 e. The van der Waals surface area contributed by atoms with Crippen molar-refractivity contribution in [3.8, 4) is 6.07 Å². The summed E-state index contributed by atoms with van der Waals surface area (Å²) < 4.78 is 14.4. The van der Waals surface area contributed by atoms with Crippen molar-refractivity contribution in [2.45, 2.75) is 12.5 Å². The first-order valence-electron chi connectivity index (χ1n) is 5.16. The Hall–Kier alpha value is -1.61. The van der Waals surface area contributed by atoms with Gasteiger partial charge in [-0.3, -0.25) is 5.32 Å². The molecule has 1 aromatic rings. The summed E-state index contributed by atoms with van der Waals surface area (Å²) >= 11 is 3.24. The number of nitriles is 1. The number of benzene rings is 1. The lowest BCUT2D eigenvalue weighted by Gasteiger charge is -2.24. The normalized spacial score (nSPS) is 13.2. The van der Waals surface area contributed by atoms with E-state index in [2.05, 4.69) is 31.3 Å². The highest BCUT2D eigenvalue weighted by Gasteiger charge is 2.28. The van der Waals surface area contributed by atoms with Crippen LogP contribution in [-0.2, 0) is 5.54 Å². The van der Waals surface area contributed by atoms with E-state index < -0.39 is 11.4 Å². The monoisotopic (exact) mass is 311 g/mol. The Morgan fingerprint density at radius 1 is 1.67 bits per heavy atom. The maximum atomic E-state index is 13.7. The van der Waals surface area contributed by atoms with E-state index in [4.69, 9.17) is 5.53 Å². The third kappa shape index (κ3) is 3.44. The molecule has 0 aliphatic rings. The van der Waals surface area contributed by atoms with E-state index in [1.807, 2.05) is 6.07 Å². The summed E-state index contributed by atoms with van der Waals surface area (Å²) in [6, 6.07) is 6.45. The minimum atomic E-state index is -1.17. The molecular formula is C11H11BrFN5. The predicted octanol–water partition coefficient (Wildman–Crippen LogP) is 3.23. The lowest BCUT2D eigenvalue weighted by molar-refractivity contribution is 0.447. The molecule has 1 atom stereocenters. The van der Waals surface area contributed by atoms with Crippen LogP contribution >= 0.6 is 15.9 Å². The predicted molar refractivity (Wildman–Crippen MR) is 69.1 cm³/mol. The molecule has 18 heavy (non-hydrogen) atoms. The fourth-order valence-electron chi connectivity index (χ4n) is 1.48. The molecule has 0 bridgehead atoms. The van der Waals surface area contributed by atoms with E-state index in [-0.39, 0.29) is 12.1 Å². The standard InChI is InChI=1S/C11H11BrFN5/c1-11(7-14,16-4-5-17-18-15)9-6-8(12)2-3-10(9)13/h2-3,6,16H,4-5H2,1H3. The lowest BCUT2D eigenvalue weighted by Crippen LogP contribution is -2.40. The van der Waals surface area contributed by atoms with Crippen LogP contribution in [0.3, 0.4) is 0 Å². The third-order valence-electron chi connectivity index (χ3n) is 2.44. The lowest BCUT2D eigenvalue weighted by atomic mass is 9.93. The summed E-state index contributed by atoms with van der Waals surface area (Å²) in [6.45, 7) is 2.07. The van der Waals surface area contributed by atoms with Gasteiger partial charge in [0.25, 0.3) is 0 Å². The largest absolute Gasteiger partial charge is 0.296 e. The fourth-order valence-corrected chi connectivity index (χ4v) is 1.84. The van der Waals surface area contributed by atoms with Gasteiger partial charge in [0.2, 0.25) is 0 Å². The van der Waals surface area contributed by atoms with Crippen LogP contribution in [0.5, 0.6) is 0 Å². The van der Waals surface area contributed by atoms with Gasteiger partial charge in [-0.15, -0.1) is 0 Å². The molecule has 0 radical (unpaired) electrons. The molecule has 0 saturated heterocycles. The van der Waals surface area contributed by atoms with Crippen molar-refractivity contribution < 1.29 is 4.39 Å². The molecule has 0 saturated carbocycles. The highest BCUT2D eigenvalue weighted by atomic mass is 79.9. The highest BCUT2D eigenvalue weighted by Crippen LogP contribution is 2.26. The second-order valence-corrected chi connectivity index (χ2v) is 4.66. The van der Waals surface area contributed by atoms with Crippen LogP contribution in [0.1, 0.15) is 12.5 Å². The average molecular weight is 312 g/mol. The zero-order valence-corrected chi connectivity index (χ0v) is 11.3. The van der Waals surface area contributed by atoms with Gasteiger partial charge in [0.05, 0.1) is 6.07 Å². The van der Waals surface area contributed by atoms with Crippen molar-refractivity contribution in [1.29, 1.82) is 5.26 Å². The number of nitrogens with one attached hydrogen (secondary N) is 1. The average Bonchev–Trinajstić information content (AvgIpc) is 2.37. The first-order chi connectivity index (χ1) is 8.53. The number of azide groups is 1. The molecule has 1 unspecified atom stereocenters. The fraction of sp³-hybridized carbons (Fsp3) is 0.364. The first kappa shape index (κ1) is 14.5. The molecule has 5 nitrogen and oxygen atoms in total. The molecule has 1 aromatic carbocycles. The number of nitrogens with zero attached hydrogens (tertiary/aromatic N) is 4. The molecule has 0 aromatic heterocycles. The van der Waals surface area contributed by atoms with Crippen molar-refractivity contribution in [3.63, 3.8) is 0 Å². The Bertz CT molecular complexity index is 521. The van der Waals surface area contributed by atoms with Gasteiger partial charge in [-0.2, -0.15) is 5.26 Å². The summed E-state index contributed by atoms with van der Waals surface area (Å²) in [4.78, 5) is 2.61. The maximum absolute atomic E-state index is 13.7. The van der Waals surface area contributed by atoms with Crippen molar-refractivity contribution in [3.05, 3.63) is 44.5 Å². The van der Waals surface area contributed by atoms with Crippen LogP contribution in [-0.4, -0.2) is 13.1 Å². The number of hydrogen-bond acceptors (Lipinski definition) is 3. The zero-order chi connectivity index (χ0) is 13.6. The molecular weight excluding hydrogens is 301 g/mol. The van der Waals surface area contributed by atoms with Crippen LogP contribution in [0, 0.1) is 17.1 Å². The Morgan fingerprint density at radius 3 is 3.00 bits per heavy atom. The Balaban J connectivity index is 2.96. The summed E-state index contributed by atoms with van der Waals surface area (Å²) in [5.41, 5.74) is 7.23. The number of halogens is 2. The van der Waals surface area contributed by atoms with Crippen LogP contribution in [0.25, 0.3) is 10.4 Å². The molecule has 0 aliphatic heterocycles. The van der Waals surface area contributed by atoms with Crippen LogP contribution in [0.4, 0.5) is 4.39 Å². The van der Waals surface area contributed by atoms with Gasteiger partial charge in [0.15, 0.2) is 0 Å². The molecule has 7 heteroatoms. The molecule has 1 N–H and O–H groups in total. The second-order valence-electron chi connectivity index (χ2n) is 3.74. The quantitative estimate of drug-likeness (QED) is 0.392. The van der Waals surface area contributed by atoms with Crippen LogP contribution in [0.2, 0.25) is 0 Å². The van der Waals surface area contributed by atoms with E-state index in [0.29, 0.717) is 11.0 Å². The molecule has 0 fully saturated rings. The molecule has 0 heterocycles. The van der Waals surface area contributed by atoms with E-state index in [1.54, 1.807) is 19.1 Å². The van der Waals surface area contributed by atoms with Crippen LogP contribution < -0.4 is 5.32 Å². The Morgan fingerprint density at radius 2 is 2.39 bits per heavy atom. The van der Waals surface area contributed by atoms with Crippen molar-refractivity contribution >= 4 is 15.9 Å². The minimum absolute atomic E-state index is 0.198. The number of rotatable bonds is 5. The van der Waals surface area contributed by atoms with Gasteiger partial charge >= 0.3 is 0 Å². The molecule has 0 spiro atoms. The van der Waals surface area contributed by atoms with Crippen molar-refractivity contribution in [2.75, 3.05) is 13.1 Å². The topological polar surface area (TPSA) is 84.6 Å². The second kappa shape index (κ2) is 6.36. The molecule has 1 rings (SSSR count). The molecule has 0 aliphatic carbocycles. The van der Waals surface area contributed by atoms with Gasteiger partial charge in [-0.1, -0.05) is 21.0 Å².